The second kappa shape index (κ2) is 5.82. The van der Waals surface area contributed by atoms with E-state index in [0.29, 0.717) is 18.2 Å². The largest absolute Gasteiger partial charge is 0.350 e. The molecular weight excluding hydrogens is 216 g/mol. The molecule has 2 rings (SSSR count). The molecule has 0 radical (unpaired) electrons. The van der Waals surface area contributed by atoms with E-state index in [1.165, 1.54) is 12.8 Å². The molecule has 5 heteroatoms. The molecule has 0 aromatic carbocycles. The van der Waals surface area contributed by atoms with Gasteiger partial charge in [-0.2, -0.15) is 5.10 Å². The summed E-state index contributed by atoms with van der Waals surface area (Å²) in [5, 5.41) is 10.4. The molecule has 1 aliphatic rings. The molecular formula is C12H20N4O. The van der Waals surface area contributed by atoms with Crippen LogP contribution in [0.1, 0.15) is 36.5 Å². The summed E-state index contributed by atoms with van der Waals surface area (Å²) in [7, 11) is 0. The van der Waals surface area contributed by atoms with E-state index in [1.807, 2.05) is 6.92 Å². The third kappa shape index (κ3) is 3.30. The number of aromatic nitrogens is 2. The molecule has 1 saturated heterocycles. The van der Waals surface area contributed by atoms with Crippen molar-refractivity contribution in [2.75, 3.05) is 13.1 Å². The number of nitrogens with zero attached hydrogens (tertiary/aromatic N) is 2. The number of carbonyl (C=O) groups excluding carboxylic acids is 1. The van der Waals surface area contributed by atoms with Crippen molar-refractivity contribution in [1.82, 2.24) is 20.4 Å². The number of hydrogen-bond donors (Lipinski definition) is 2. The van der Waals surface area contributed by atoms with Crippen LogP contribution in [0, 0.1) is 0 Å². The van der Waals surface area contributed by atoms with E-state index in [1.54, 1.807) is 17.1 Å². The number of hydrogen-bond acceptors (Lipinski definition) is 3. The van der Waals surface area contributed by atoms with E-state index in [0.717, 1.165) is 19.5 Å². The predicted octanol–water partition coefficient (Wildman–Crippen LogP) is 0.775. The Morgan fingerprint density at radius 1 is 1.65 bits per heavy atom. The lowest BCUT2D eigenvalue weighted by Crippen LogP contribution is -2.43. The fourth-order valence-corrected chi connectivity index (χ4v) is 2.07. The van der Waals surface area contributed by atoms with E-state index in [9.17, 15) is 4.79 Å². The van der Waals surface area contributed by atoms with Gasteiger partial charge in [-0.05, 0) is 26.3 Å². The molecule has 0 spiro atoms. The van der Waals surface area contributed by atoms with E-state index < -0.39 is 0 Å². The normalized spacial score (nSPS) is 20.2. The Labute approximate surface area is 102 Å². The van der Waals surface area contributed by atoms with Gasteiger partial charge in [0.05, 0.1) is 11.8 Å². The molecule has 1 aliphatic heterocycles. The van der Waals surface area contributed by atoms with E-state index in [4.69, 9.17) is 0 Å². The van der Waals surface area contributed by atoms with Crippen molar-refractivity contribution in [3.05, 3.63) is 18.0 Å². The van der Waals surface area contributed by atoms with Crippen LogP contribution in [0.4, 0.5) is 0 Å². The molecule has 0 saturated carbocycles. The highest BCUT2D eigenvalue weighted by molar-refractivity contribution is 5.93. The fourth-order valence-electron chi connectivity index (χ4n) is 2.07. The monoisotopic (exact) mass is 236 g/mol. The summed E-state index contributed by atoms with van der Waals surface area (Å²) in [5.41, 5.74) is 0.641. The molecule has 1 atom stereocenters. The summed E-state index contributed by atoms with van der Waals surface area (Å²) in [5.74, 6) is -0.0305. The lowest BCUT2D eigenvalue weighted by Gasteiger charge is -2.23. The maximum atomic E-state index is 11.8. The van der Waals surface area contributed by atoms with Crippen LogP contribution in [0.3, 0.4) is 0 Å². The van der Waals surface area contributed by atoms with Gasteiger partial charge in [0.2, 0.25) is 0 Å². The van der Waals surface area contributed by atoms with Gasteiger partial charge in [0, 0.05) is 25.3 Å². The number of rotatable bonds is 4. The number of carbonyl (C=O) groups is 1. The van der Waals surface area contributed by atoms with Gasteiger partial charge in [-0.25, -0.2) is 0 Å². The minimum atomic E-state index is -0.0305. The molecule has 0 aliphatic carbocycles. The Balaban J connectivity index is 1.80. The number of nitrogens with one attached hydrogen (secondary N) is 2. The van der Waals surface area contributed by atoms with Crippen molar-refractivity contribution in [1.29, 1.82) is 0 Å². The second-order valence-electron chi connectivity index (χ2n) is 4.44. The topological polar surface area (TPSA) is 59.0 Å². The first kappa shape index (κ1) is 12.1. The van der Waals surface area contributed by atoms with Crippen molar-refractivity contribution in [3.8, 4) is 0 Å². The maximum absolute atomic E-state index is 11.8. The summed E-state index contributed by atoms with van der Waals surface area (Å²) in [6.45, 7) is 4.56. The summed E-state index contributed by atoms with van der Waals surface area (Å²) in [6, 6.07) is 0.425. The zero-order chi connectivity index (χ0) is 12.1. The Hall–Kier alpha value is -1.36. The average molecular weight is 236 g/mol. The summed E-state index contributed by atoms with van der Waals surface area (Å²) >= 11 is 0. The smallest absolute Gasteiger partial charge is 0.254 e. The Morgan fingerprint density at radius 3 is 3.18 bits per heavy atom. The summed E-state index contributed by atoms with van der Waals surface area (Å²) in [6.07, 6.45) is 7.04. The van der Waals surface area contributed by atoms with Crippen LogP contribution in [0.5, 0.6) is 0 Å². The molecule has 0 unspecified atom stereocenters. The van der Waals surface area contributed by atoms with Gasteiger partial charge in [0.1, 0.15) is 0 Å². The van der Waals surface area contributed by atoms with Crippen LogP contribution in [-0.2, 0) is 6.54 Å². The molecule has 1 fully saturated rings. The first-order valence-corrected chi connectivity index (χ1v) is 6.33. The van der Waals surface area contributed by atoms with E-state index >= 15 is 0 Å². The molecule has 2 heterocycles. The van der Waals surface area contributed by atoms with Gasteiger partial charge < -0.3 is 10.6 Å². The van der Waals surface area contributed by atoms with Gasteiger partial charge in [0.25, 0.3) is 5.91 Å². The van der Waals surface area contributed by atoms with Gasteiger partial charge in [-0.15, -0.1) is 0 Å². The number of piperidine rings is 1. The van der Waals surface area contributed by atoms with Crippen LogP contribution in [-0.4, -0.2) is 34.8 Å². The van der Waals surface area contributed by atoms with Crippen molar-refractivity contribution in [3.63, 3.8) is 0 Å². The lowest BCUT2D eigenvalue weighted by atomic mass is 10.1. The van der Waals surface area contributed by atoms with Gasteiger partial charge in [0.15, 0.2) is 0 Å². The molecule has 1 amide bonds. The van der Waals surface area contributed by atoms with E-state index in [2.05, 4.69) is 15.7 Å². The van der Waals surface area contributed by atoms with Crippen LogP contribution >= 0.6 is 0 Å². The van der Waals surface area contributed by atoms with Crippen molar-refractivity contribution in [2.45, 2.75) is 38.8 Å². The highest BCUT2D eigenvalue weighted by Crippen LogP contribution is 2.06. The fraction of sp³-hybridized carbons (Fsp3) is 0.667. The highest BCUT2D eigenvalue weighted by atomic mass is 16.1. The van der Waals surface area contributed by atoms with Crippen LogP contribution in [0.15, 0.2) is 12.4 Å². The average Bonchev–Trinajstić information content (AvgIpc) is 2.86. The Bertz CT molecular complexity index is 368. The molecule has 0 bridgehead atoms. The minimum Gasteiger partial charge on any atom is -0.350 e. The summed E-state index contributed by atoms with van der Waals surface area (Å²) < 4.78 is 1.76. The third-order valence-corrected chi connectivity index (χ3v) is 3.14. The molecule has 1 aromatic rings. The van der Waals surface area contributed by atoms with Crippen LogP contribution < -0.4 is 10.6 Å². The second-order valence-corrected chi connectivity index (χ2v) is 4.44. The lowest BCUT2D eigenvalue weighted by molar-refractivity contribution is 0.0947. The van der Waals surface area contributed by atoms with E-state index in [-0.39, 0.29) is 5.91 Å². The van der Waals surface area contributed by atoms with Crippen molar-refractivity contribution < 1.29 is 4.79 Å². The SMILES string of the molecule is CCn1cc(C(=O)NC[C@@H]2CCCCN2)cn1. The van der Waals surface area contributed by atoms with Crippen molar-refractivity contribution in [2.24, 2.45) is 0 Å². The zero-order valence-electron chi connectivity index (χ0n) is 10.3. The van der Waals surface area contributed by atoms with Crippen LogP contribution in [0.2, 0.25) is 0 Å². The summed E-state index contributed by atoms with van der Waals surface area (Å²) in [4.78, 5) is 11.8. The predicted molar refractivity (Wildman–Crippen MR) is 65.9 cm³/mol. The first-order chi connectivity index (χ1) is 8.29. The Kier molecular flexibility index (Phi) is 4.14. The third-order valence-electron chi connectivity index (χ3n) is 3.14. The first-order valence-electron chi connectivity index (χ1n) is 6.33. The number of aryl methyl sites for hydroxylation is 1. The Morgan fingerprint density at radius 2 is 2.53 bits per heavy atom. The molecule has 2 N–H and O–H groups in total. The quantitative estimate of drug-likeness (QED) is 0.812. The van der Waals surface area contributed by atoms with Crippen LogP contribution in [0.25, 0.3) is 0 Å². The molecule has 1 aromatic heterocycles. The van der Waals surface area contributed by atoms with Gasteiger partial charge in [-0.1, -0.05) is 6.42 Å². The molecule has 17 heavy (non-hydrogen) atoms. The minimum absolute atomic E-state index is 0.0305. The maximum Gasteiger partial charge on any atom is 0.254 e. The standard InChI is InChI=1S/C12H20N4O/c1-2-16-9-10(7-15-16)12(17)14-8-11-5-3-4-6-13-11/h7,9,11,13H,2-6,8H2,1H3,(H,14,17)/t11-/m0/s1. The van der Waals surface area contributed by atoms with Crippen molar-refractivity contribution >= 4 is 5.91 Å². The van der Waals surface area contributed by atoms with Gasteiger partial charge >= 0.3 is 0 Å². The molecule has 5 nitrogen and oxygen atoms in total. The molecule has 94 valence electrons. The zero-order valence-corrected chi connectivity index (χ0v) is 10.3. The number of amides is 1. The van der Waals surface area contributed by atoms with Gasteiger partial charge in [-0.3, -0.25) is 9.48 Å². The highest BCUT2D eigenvalue weighted by Gasteiger charge is 2.14.